The predicted octanol–water partition coefficient (Wildman–Crippen LogP) is 1.55. The van der Waals surface area contributed by atoms with Crippen molar-refractivity contribution in [3.63, 3.8) is 0 Å². The molecule has 19 heteroatoms. The second-order valence-corrected chi connectivity index (χ2v) is 14.4. The van der Waals surface area contributed by atoms with Crippen LogP contribution in [0.4, 0.5) is 16.2 Å². The van der Waals surface area contributed by atoms with Gasteiger partial charge < -0.3 is 34.6 Å². The molecule has 3 fully saturated rings. The first-order valence-electron chi connectivity index (χ1n) is 16.4. The minimum absolute atomic E-state index is 0.00735. The van der Waals surface area contributed by atoms with Crippen LogP contribution in [0.5, 0.6) is 5.75 Å². The summed E-state index contributed by atoms with van der Waals surface area (Å²) in [5.74, 6) is -3.21. The molecule has 276 valence electrons. The number of fused-ring (bicyclic) bond motifs is 1. The summed E-state index contributed by atoms with van der Waals surface area (Å²) in [5, 5.41) is 52.2. The quantitative estimate of drug-likeness (QED) is 0.103. The summed E-state index contributed by atoms with van der Waals surface area (Å²) in [5.41, 5.74) is 0.0192. The molecule has 2 aromatic rings. The molecule has 2 aromatic carbocycles. The number of thioether (sulfide) groups is 1. The van der Waals surface area contributed by atoms with E-state index < -0.39 is 81.2 Å². The highest BCUT2D eigenvalue weighted by atomic mass is 32.2. The Hall–Kier alpha value is -5.11. The molecule has 0 aromatic heterocycles. The zero-order valence-electron chi connectivity index (χ0n) is 27.8. The zero-order valence-corrected chi connectivity index (χ0v) is 28.7. The van der Waals surface area contributed by atoms with Gasteiger partial charge >= 0.3 is 12.1 Å². The van der Waals surface area contributed by atoms with Crippen LogP contribution in [-0.2, 0) is 25.7 Å². The number of nitro groups is 2. The highest BCUT2D eigenvalue weighted by Crippen LogP contribution is 2.52. The molecule has 3 N–H and O–H groups in total. The number of aliphatic hydroxyl groups is 3. The SMILES string of the molecule is C[C@@H](O)[C@H]1C(=O)N2C(C(=O)Oc3ccc([N+](=O)[O-])cc3)=C(S[C@H]3C[C@@H](C(=O)N4C[C@@H](O)[C@H](O)C4)N(C(=O)OCc4ccc([N+](=O)[O-])cc4)C3)[C@H](C)[C@H]12. The maximum atomic E-state index is 13.8. The summed E-state index contributed by atoms with van der Waals surface area (Å²) in [7, 11) is 0. The normalized spacial score (nSPS) is 27.3. The van der Waals surface area contributed by atoms with Gasteiger partial charge in [-0.3, -0.25) is 34.7 Å². The summed E-state index contributed by atoms with van der Waals surface area (Å²) < 4.78 is 11.1. The Kier molecular flexibility index (Phi) is 10.2. The van der Waals surface area contributed by atoms with Crippen LogP contribution in [0.2, 0.25) is 0 Å². The fourth-order valence-corrected chi connectivity index (χ4v) is 8.58. The lowest BCUT2D eigenvalue weighted by Gasteiger charge is -2.46. The molecular weight excluding hydrogens is 706 g/mol. The van der Waals surface area contributed by atoms with Crippen molar-refractivity contribution in [2.24, 2.45) is 11.8 Å². The molecule has 0 spiro atoms. The third-order valence-electron chi connectivity index (χ3n) is 9.72. The number of ether oxygens (including phenoxy) is 2. The molecule has 52 heavy (non-hydrogen) atoms. The number of aliphatic hydroxyl groups excluding tert-OH is 3. The topological polar surface area (TPSA) is 243 Å². The Morgan fingerprint density at radius 1 is 0.962 bits per heavy atom. The van der Waals surface area contributed by atoms with Crippen LogP contribution in [0, 0.1) is 32.1 Å². The number of nitrogens with zero attached hydrogens (tertiary/aromatic N) is 5. The summed E-state index contributed by atoms with van der Waals surface area (Å²) in [4.78, 5) is 79.4. The summed E-state index contributed by atoms with van der Waals surface area (Å²) >= 11 is 1.18. The van der Waals surface area contributed by atoms with Gasteiger partial charge in [0.25, 0.3) is 11.4 Å². The van der Waals surface area contributed by atoms with E-state index in [0.717, 1.165) is 12.1 Å². The number of hydrogen-bond acceptors (Lipinski definition) is 14. The first kappa shape index (κ1) is 36.7. The van der Waals surface area contributed by atoms with Crippen molar-refractivity contribution in [1.82, 2.24) is 14.7 Å². The molecule has 4 aliphatic heterocycles. The standard InChI is InChI=1S/C33H35N5O13S/c1-16-27-26(17(2)39)31(43)36(27)28(32(44)51-21-9-7-20(8-10-21)38(48)49)29(16)52-22-11-23(30(42)34-13-24(40)25(41)14-34)35(12-22)33(45)50-15-18-3-5-19(6-4-18)37(46)47/h3-10,16-17,22-27,39-41H,11-15H2,1-2H3/t16-,17-,22+,23+,24-,25-,26-,27-/m1/s1. The number of amides is 3. The number of carbonyl (C=O) groups excluding carboxylic acids is 4. The smallest absolute Gasteiger partial charge is 0.410 e. The van der Waals surface area contributed by atoms with Gasteiger partial charge in [0.1, 0.15) is 24.1 Å². The van der Waals surface area contributed by atoms with Crippen molar-refractivity contribution in [1.29, 1.82) is 0 Å². The zero-order chi connectivity index (χ0) is 37.6. The lowest BCUT2D eigenvalue weighted by Crippen LogP contribution is -2.63. The lowest BCUT2D eigenvalue weighted by atomic mass is 9.79. The number of likely N-dealkylation sites (tertiary alicyclic amines) is 2. The Balaban J connectivity index is 1.26. The molecule has 0 bridgehead atoms. The van der Waals surface area contributed by atoms with E-state index in [1.54, 1.807) is 6.92 Å². The second kappa shape index (κ2) is 14.5. The number of carbonyl (C=O) groups is 4. The first-order chi connectivity index (χ1) is 24.7. The number of β-amino-alcohol motifs (C(OH)–C–C–N with tert-alkyl or cyclic N) is 2. The minimum Gasteiger partial charge on any atom is -0.445 e. The Bertz CT molecular complexity index is 1810. The monoisotopic (exact) mass is 741 g/mol. The van der Waals surface area contributed by atoms with Gasteiger partial charge in [-0.05, 0) is 43.2 Å². The van der Waals surface area contributed by atoms with Crippen LogP contribution in [0.1, 0.15) is 25.8 Å². The van der Waals surface area contributed by atoms with E-state index in [2.05, 4.69) is 0 Å². The van der Waals surface area contributed by atoms with Gasteiger partial charge in [0.15, 0.2) is 0 Å². The first-order valence-corrected chi connectivity index (χ1v) is 17.2. The van der Waals surface area contributed by atoms with Crippen molar-refractivity contribution in [2.45, 2.75) is 62.5 Å². The average molecular weight is 742 g/mol. The van der Waals surface area contributed by atoms with Gasteiger partial charge in [-0.25, -0.2) is 9.59 Å². The van der Waals surface area contributed by atoms with Crippen molar-refractivity contribution >= 4 is 47.0 Å². The summed E-state index contributed by atoms with van der Waals surface area (Å²) in [6, 6.07) is 8.53. The predicted molar refractivity (Wildman–Crippen MR) is 179 cm³/mol. The highest BCUT2D eigenvalue weighted by Gasteiger charge is 2.61. The van der Waals surface area contributed by atoms with E-state index in [1.807, 2.05) is 0 Å². The molecule has 3 amide bonds. The number of non-ortho nitro benzene ring substituents is 2. The van der Waals surface area contributed by atoms with Crippen LogP contribution < -0.4 is 4.74 Å². The molecule has 3 saturated heterocycles. The molecule has 6 rings (SSSR count). The Morgan fingerprint density at radius 2 is 1.54 bits per heavy atom. The van der Waals surface area contributed by atoms with Gasteiger partial charge in [-0.2, -0.15) is 0 Å². The van der Waals surface area contributed by atoms with E-state index in [4.69, 9.17) is 9.47 Å². The molecule has 4 heterocycles. The Morgan fingerprint density at radius 3 is 2.10 bits per heavy atom. The highest BCUT2D eigenvalue weighted by molar-refractivity contribution is 8.03. The number of nitro benzene ring substituents is 2. The van der Waals surface area contributed by atoms with Crippen LogP contribution in [0.3, 0.4) is 0 Å². The third kappa shape index (κ3) is 6.91. The summed E-state index contributed by atoms with van der Waals surface area (Å²) in [6.07, 6.45) is -4.16. The Labute approximate surface area is 299 Å². The lowest BCUT2D eigenvalue weighted by molar-refractivity contribution is -0.385. The third-order valence-corrected chi connectivity index (χ3v) is 11.2. The molecule has 0 radical (unpaired) electrons. The number of esters is 1. The fraction of sp³-hybridized carbons (Fsp3) is 0.455. The molecule has 0 aliphatic carbocycles. The number of rotatable bonds is 10. The van der Waals surface area contributed by atoms with E-state index >= 15 is 0 Å². The van der Waals surface area contributed by atoms with Gasteiger partial charge in [0.2, 0.25) is 11.8 Å². The van der Waals surface area contributed by atoms with Crippen LogP contribution in [-0.4, -0.2) is 119 Å². The van der Waals surface area contributed by atoms with Crippen LogP contribution in [0.25, 0.3) is 0 Å². The van der Waals surface area contributed by atoms with E-state index in [1.165, 1.54) is 69.8 Å². The van der Waals surface area contributed by atoms with E-state index in [-0.39, 0.29) is 55.5 Å². The fourth-order valence-electron chi connectivity index (χ4n) is 7.06. The number of β-lactam (4-membered cyclic amide) rings is 1. The minimum atomic E-state index is -1.17. The molecule has 8 atom stereocenters. The van der Waals surface area contributed by atoms with Gasteiger partial charge in [0, 0.05) is 60.0 Å². The summed E-state index contributed by atoms with van der Waals surface area (Å²) in [6.45, 7) is 2.66. The van der Waals surface area contributed by atoms with E-state index in [9.17, 15) is 54.7 Å². The van der Waals surface area contributed by atoms with Gasteiger partial charge in [0.05, 0.1) is 40.1 Å². The van der Waals surface area contributed by atoms with Crippen molar-refractivity contribution in [2.75, 3.05) is 19.6 Å². The molecular formula is C33H35N5O13S. The van der Waals surface area contributed by atoms with Gasteiger partial charge in [-0.15, -0.1) is 11.8 Å². The van der Waals surface area contributed by atoms with Crippen molar-refractivity contribution in [3.05, 3.63) is 84.9 Å². The van der Waals surface area contributed by atoms with Crippen LogP contribution >= 0.6 is 11.8 Å². The largest absolute Gasteiger partial charge is 0.445 e. The molecule has 4 aliphatic rings. The van der Waals surface area contributed by atoms with E-state index in [0.29, 0.717) is 10.5 Å². The molecule has 0 unspecified atom stereocenters. The number of hydrogen-bond donors (Lipinski definition) is 3. The van der Waals surface area contributed by atoms with Crippen molar-refractivity contribution < 1.29 is 53.8 Å². The maximum Gasteiger partial charge on any atom is 0.410 e. The van der Waals surface area contributed by atoms with Gasteiger partial charge in [-0.1, -0.05) is 6.92 Å². The molecule has 18 nitrogen and oxygen atoms in total. The van der Waals surface area contributed by atoms with Crippen molar-refractivity contribution in [3.8, 4) is 5.75 Å². The molecule has 0 saturated carbocycles. The average Bonchev–Trinajstić information content (AvgIpc) is 3.75. The number of benzene rings is 2. The van der Waals surface area contributed by atoms with Crippen LogP contribution in [0.15, 0.2) is 59.1 Å². The second-order valence-electron chi connectivity index (χ2n) is 13.1. The maximum absolute atomic E-state index is 13.8.